The van der Waals surface area contributed by atoms with Gasteiger partial charge in [-0.05, 0) is 83.1 Å². The molecule has 3 heterocycles. The van der Waals surface area contributed by atoms with Gasteiger partial charge in [0.1, 0.15) is 6.07 Å². The highest BCUT2D eigenvalue weighted by atomic mass is 32.2. The molecule has 0 aromatic carbocycles. The van der Waals surface area contributed by atoms with Crippen molar-refractivity contribution in [3.63, 3.8) is 0 Å². The van der Waals surface area contributed by atoms with Crippen molar-refractivity contribution in [3.05, 3.63) is 47.8 Å². The number of hydrogen-bond donors (Lipinski definition) is 4. The summed E-state index contributed by atoms with van der Waals surface area (Å²) in [6, 6.07) is 9.46. The van der Waals surface area contributed by atoms with Crippen LogP contribution in [0.1, 0.15) is 74.7 Å². The van der Waals surface area contributed by atoms with Gasteiger partial charge in [0.05, 0.1) is 51.8 Å². The van der Waals surface area contributed by atoms with E-state index in [1.807, 2.05) is 18.2 Å². The Morgan fingerprint density at radius 2 is 1.85 bits per heavy atom. The van der Waals surface area contributed by atoms with E-state index >= 15 is 0 Å². The van der Waals surface area contributed by atoms with Crippen molar-refractivity contribution in [1.82, 2.24) is 24.6 Å². The second-order valence-electron chi connectivity index (χ2n) is 11.9. The number of hydrogen-bond acceptors (Lipinski definition) is 8. The summed E-state index contributed by atoms with van der Waals surface area (Å²) in [5.74, 6) is -0.312. The highest BCUT2D eigenvalue weighted by Gasteiger charge is 2.48. The van der Waals surface area contributed by atoms with Crippen LogP contribution in [0.4, 0.5) is 5.69 Å². The smallest absolute Gasteiger partial charge is 0.254 e. The lowest BCUT2D eigenvalue weighted by Crippen LogP contribution is -2.54. The minimum Gasteiger partial charge on any atom is -0.390 e. The largest absolute Gasteiger partial charge is 0.390 e. The van der Waals surface area contributed by atoms with Gasteiger partial charge in [0.2, 0.25) is 10.0 Å². The minimum absolute atomic E-state index is 0.222. The lowest BCUT2D eigenvalue weighted by atomic mass is 9.63. The lowest BCUT2D eigenvalue weighted by molar-refractivity contribution is -0.0580. The molecule has 0 atom stereocenters. The Balaban J connectivity index is 1.43. The summed E-state index contributed by atoms with van der Waals surface area (Å²) in [4.78, 5) is 18.0. The van der Waals surface area contributed by atoms with Crippen LogP contribution >= 0.6 is 0 Å². The highest BCUT2D eigenvalue weighted by molar-refractivity contribution is 7.88. The second kappa shape index (κ2) is 10.1. The van der Waals surface area contributed by atoms with E-state index in [4.69, 9.17) is 0 Å². The molecule has 3 saturated carbocycles. The molecule has 1 amide bonds. The molecule has 11 nitrogen and oxygen atoms in total. The summed E-state index contributed by atoms with van der Waals surface area (Å²) in [5, 5.41) is 30.9. The molecule has 0 aliphatic heterocycles. The first-order chi connectivity index (χ1) is 18.8. The predicted molar refractivity (Wildman–Crippen MR) is 151 cm³/mol. The van der Waals surface area contributed by atoms with Crippen LogP contribution in [0.15, 0.2) is 36.7 Å². The molecule has 2 bridgehead atoms. The van der Waals surface area contributed by atoms with Gasteiger partial charge in [-0.25, -0.2) is 17.7 Å². The number of nitrogens with one attached hydrogen (secondary N) is 3. The van der Waals surface area contributed by atoms with Gasteiger partial charge in [0.25, 0.3) is 5.91 Å². The third-order valence-electron chi connectivity index (χ3n) is 8.14. The van der Waals surface area contributed by atoms with E-state index in [1.54, 1.807) is 30.6 Å². The molecule has 0 radical (unpaired) electrons. The number of carbonyl (C=O) groups excluding carboxylic acids is 1. The van der Waals surface area contributed by atoms with Gasteiger partial charge in [-0.2, -0.15) is 10.4 Å². The molecule has 3 fully saturated rings. The maximum absolute atomic E-state index is 13.4. The average Bonchev–Trinajstić information content (AvgIpc) is 3.31. The number of anilines is 1. The molecule has 40 heavy (non-hydrogen) atoms. The van der Waals surface area contributed by atoms with Gasteiger partial charge >= 0.3 is 0 Å². The summed E-state index contributed by atoms with van der Waals surface area (Å²) in [5.41, 5.74) is 2.07. The van der Waals surface area contributed by atoms with Crippen LogP contribution in [0.25, 0.3) is 16.9 Å². The minimum atomic E-state index is -3.39. The van der Waals surface area contributed by atoms with Crippen LogP contribution in [0.2, 0.25) is 0 Å². The SMILES string of the molecule is CC(C)(CCNC(=O)c1cnc(-c2ccc3cc(C#N)cnn23)cc1NC12CCC(O)(CC1)CC2)NS(C)(=O)=O. The molecule has 0 unspecified atom stereocenters. The van der Waals surface area contributed by atoms with E-state index in [2.05, 4.69) is 31.5 Å². The maximum atomic E-state index is 13.4. The van der Waals surface area contributed by atoms with Gasteiger partial charge in [-0.1, -0.05) is 0 Å². The summed E-state index contributed by atoms with van der Waals surface area (Å²) < 4.78 is 27.6. The fourth-order valence-electron chi connectivity index (χ4n) is 5.91. The van der Waals surface area contributed by atoms with Gasteiger partial charge in [0.15, 0.2) is 0 Å². The quantitative estimate of drug-likeness (QED) is 0.308. The number of rotatable bonds is 9. The van der Waals surface area contributed by atoms with Crippen molar-refractivity contribution in [2.24, 2.45) is 0 Å². The van der Waals surface area contributed by atoms with Crippen molar-refractivity contribution in [3.8, 4) is 17.5 Å². The zero-order valence-electron chi connectivity index (χ0n) is 23.0. The first-order valence-electron chi connectivity index (χ1n) is 13.5. The van der Waals surface area contributed by atoms with E-state index < -0.39 is 21.2 Å². The number of nitriles is 1. The monoisotopic (exact) mass is 565 g/mol. The molecule has 0 saturated heterocycles. The van der Waals surface area contributed by atoms with Crippen LogP contribution in [0.5, 0.6) is 0 Å². The number of amides is 1. The van der Waals surface area contributed by atoms with E-state index in [1.165, 1.54) is 6.20 Å². The molecule has 3 aliphatic rings. The predicted octanol–water partition coefficient (Wildman–Crippen LogP) is 2.97. The standard InChI is InChI=1S/C28H35N7O4S/c1-26(2,34-40(3,38)39)12-13-30-25(36)21-18-31-23(24-5-4-20-14-19(16-29)17-32-35(20)24)15-22(21)33-27-6-9-28(37,10-7-27)11-8-27/h4-5,14-15,17-18,34,37H,6-13H2,1-3H3,(H,30,36)(H,31,33). The number of fused-ring (bicyclic) bond motifs is 4. The zero-order valence-corrected chi connectivity index (χ0v) is 23.8. The first kappa shape index (κ1) is 28.0. The van der Waals surface area contributed by atoms with Crippen molar-refractivity contribution in [2.45, 2.75) is 75.5 Å². The van der Waals surface area contributed by atoms with E-state index in [0.717, 1.165) is 56.0 Å². The van der Waals surface area contributed by atoms with Gasteiger partial charge in [-0.15, -0.1) is 0 Å². The number of sulfonamides is 1. The molecule has 212 valence electrons. The Hall–Kier alpha value is -3.53. The Labute approximate surface area is 234 Å². The Morgan fingerprint density at radius 1 is 1.15 bits per heavy atom. The lowest BCUT2D eigenvalue weighted by Gasteiger charge is -2.51. The number of aliphatic hydroxyl groups is 1. The Morgan fingerprint density at radius 3 is 2.50 bits per heavy atom. The molecule has 12 heteroatoms. The fraction of sp³-hybridized carbons (Fsp3) is 0.500. The van der Waals surface area contributed by atoms with Crippen LogP contribution in [-0.2, 0) is 10.0 Å². The van der Waals surface area contributed by atoms with Crippen LogP contribution in [-0.4, -0.2) is 63.5 Å². The number of nitrogens with zero attached hydrogens (tertiary/aromatic N) is 4. The van der Waals surface area contributed by atoms with Crippen molar-refractivity contribution < 1.29 is 18.3 Å². The average molecular weight is 566 g/mol. The Kier molecular flexibility index (Phi) is 7.10. The summed E-state index contributed by atoms with van der Waals surface area (Å²) >= 11 is 0. The number of aromatic nitrogens is 3. The molecule has 6 rings (SSSR count). The van der Waals surface area contributed by atoms with Crippen LogP contribution < -0.4 is 15.4 Å². The highest BCUT2D eigenvalue weighted by Crippen LogP contribution is 2.48. The van der Waals surface area contributed by atoms with Gasteiger partial charge in [-0.3, -0.25) is 9.78 Å². The molecule has 3 aliphatic carbocycles. The van der Waals surface area contributed by atoms with Crippen molar-refractivity contribution in [2.75, 3.05) is 18.1 Å². The third kappa shape index (κ3) is 5.96. The van der Waals surface area contributed by atoms with Crippen molar-refractivity contribution in [1.29, 1.82) is 5.26 Å². The van der Waals surface area contributed by atoms with Crippen LogP contribution in [0, 0.1) is 11.3 Å². The zero-order chi connectivity index (χ0) is 28.8. The fourth-order valence-corrected chi connectivity index (χ4v) is 7.02. The molecule has 0 spiro atoms. The normalized spacial score (nSPS) is 22.7. The molecular formula is C28H35N7O4S. The Bertz CT molecular complexity index is 1580. The maximum Gasteiger partial charge on any atom is 0.254 e. The molecular weight excluding hydrogens is 530 g/mol. The second-order valence-corrected chi connectivity index (χ2v) is 13.7. The molecule has 3 aromatic rings. The van der Waals surface area contributed by atoms with E-state index in [0.29, 0.717) is 28.9 Å². The van der Waals surface area contributed by atoms with Gasteiger partial charge in [0, 0.05) is 23.8 Å². The summed E-state index contributed by atoms with van der Waals surface area (Å²) in [6.45, 7) is 3.80. The topological polar surface area (TPSA) is 162 Å². The summed E-state index contributed by atoms with van der Waals surface area (Å²) in [7, 11) is -3.39. The molecule has 4 N–H and O–H groups in total. The number of pyridine rings is 1. The summed E-state index contributed by atoms with van der Waals surface area (Å²) in [6.07, 6.45) is 9.14. The third-order valence-corrected chi connectivity index (χ3v) is 9.07. The van der Waals surface area contributed by atoms with Crippen LogP contribution in [0.3, 0.4) is 0 Å². The van der Waals surface area contributed by atoms with Crippen molar-refractivity contribution >= 4 is 27.1 Å². The van der Waals surface area contributed by atoms with Gasteiger partial charge < -0.3 is 15.7 Å². The first-order valence-corrected chi connectivity index (χ1v) is 15.3. The molecule has 3 aromatic heterocycles. The van der Waals surface area contributed by atoms with E-state index in [-0.39, 0.29) is 18.0 Å². The van der Waals surface area contributed by atoms with E-state index in [9.17, 15) is 23.6 Å². The number of carbonyl (C=O) groups is 1.